The summed E-state index contributed by atoms with van der Waals surface area (Å²) in [6.07, 6.45) is 3.55. The number of hydrogen-bond acceptors (Lipinski definition) is 4. The predicted molar refractivity (Wildman–Crippen MR) is 93.5 cm³/mol. The van der Waals surface area contributed by atoms with Crippen LogP contribution in [0.4, 0.5) is 0 Å². The Morgan fingerprint density at radius 3 is 2.87 bits per heavy atom. The van der Waals surface area contributed by atoms with E-state index < -0.39 is 11.7 Å². The van der Waals surface area contributed by atoms with Crippen LogP contribution >= 0.6 is 11.8 Å². The first kappa shape index (κ1) is 18.1. The fourth-order valence-corrected chi connectivity index (χ4v) is 3.70. The van der Waals surface area contributed by atoms with E-state index in [1.807, 2.05) is 19.9 Å². The first-order chi connectivity index (χ1) is 10.7. The predicted octanol–water partition coefficient (Wildman–Crippen LogP) is 2.52. The summed E-state index contributed by atoms with van der Waals surface area (Å²) in [5, 5.41) is 21.0. The maximum absolute atomic E-state index is 11.0. The Balaban J connectivity index is 2.19. The van der Waals surface area contributed by atoms with Crippen molar-refractivity contribution in [3.63, 3.8) is 0 Å². The standard InChI is InChI=1S/C19H24O3S/c1-14(20)23-10-7-15-11-16-6-9-18(2,3)13-17(21)5-4-8-19(16,22)12-15/h11,15,17,21-22H,7-8,10,12-13H2,1-3H3. The third kappa shape index (κ3) is 5.15. The largest absolute Gasteiger partial charge is 0.383 e. The van der Waals surface area contributed by atoms with Crippen molar-refractivity contribution >= 4 is 16.9 Å². The van der Waals surface area contributed by atoms with Crippen LogP contribution in [0.1, 0.15) is 46.5 Å². The summed E-state index contributed by atoms with van der Waals surface area (Å²) in [7, 11) is 0. The lowest BCUT2D eigenvalue weighted by Crippen LogP contribution is -2.29. The fourth-order valence-electron chi connectivity index (χ4n) is 3.00. The SMILES string of the molecule is CC(=O)SCCC1C=C2C#CC(C)(C)CC(O)C#CCC2(O)C1. The molecule has 3 unspecified atom stereocenters. The van der Waals surface area contributed by atoms with Gasteiger partial charge in [0.15, 0.2) is 5.12 Å². The number of hydrogen-bond donors (Lipinski definition) is 2. The van der Waals surface area contributed by atoms with E-state index in [-0.39, 0.29) is 16.4 Å². The maximum atomic E-state index is 11.0. The molecule has 124 valence electrons. The molecule has 0 amide bonds. The van der Waals surface area contributed by atoms with Gasteiger partial charge in [0, 0.05) is 36.5 Å². The second kappa shape index (κ2) is 7.14. The molecule has 0 heterocycles. The van der Waals surface area contributed by atoms with Crippen LogP contribution in [0.15, 0.2) is 11.6 Å². The van der Waals surface area contributed by atoms with Gasteiger partial charge in [0.2, 0.25) is 0 Å². The van der Waals surface area contributed by atoms with Crippen molar-refractivity contribution in [3.8, 4) is 23.7 Å². The summed E-state index contributed by atoms with van der Waals surface area (Å²) in [6.45, 7) is 5.52. The van der Waals surface area contributed by atoms with E-state index in [2.05, 4.69) is 23.7 Å². The average Bonchev–Trinajstić information content (AvgIpc) is 2.71. The fraction of sp³-hybridized carbons (Fsp3) is 0.632. The number of fused-ring (bicyclic) bond motifs is 1. The summed E-state index contributed by atoms with van der Waals surface area (Å²) in [5.74, 6) is 13.0. The number of carbonyl (C=O) groups excluding carboxylic acids is 1. The van der Waals surface area contributed by atoms with Gasteiger partial charge < -0.3 is 10.2 Å². The van der Waals surface area contributed by atoms with Gasteiger partial charge in [-0.2, -0.15) is 0 Å². The Morgan fingerprint density at radius 1 is 1.43 bits per heavy atom. The van der Waals surface area contributed by atoms with Crippen molar-refractivity contribution in [2.75, 3.05) is 5.75 Å². The topological polar surface area (TPSA) is 57.5 Å². The van der Waals surface area contributed by atoms with Crippen LogP contribution in [0.25, 0.3) is 0 Å². The molecule has 0 saturated carbocycles. The Labute approximate surface area is 142 Å². The van der Waals surface area contributed by atoms with E-state index in [0.29, 0.717) is 19.3 Å². The van der Waals surface area contributed by atoms with Crippen LogP contribution in [0.2, 0.25) is 0 Å². The van der Waals surface area contributed by atoms with Gasteiger partial charge in [0.05, 0.1) is 0 Å². The van der Waals surface area contributed by atoms with Crippen LogP contribution in [0.5, 0.6) is 0 Å². The first-order valence-corrected chi connectivity index (χ1v) is 8.96. The second-order valence-corrected chi connectivity index (χ2v) is 8.33. The molecule has 0 aromatic heterocycles. The van der Waals surface area contributed by atoms with E-state index in [4.69, 9.17) is 0 Å². The lowest BCUT2D eigenvalue weighted by Gasteiger charge is -2.24. The van der Waals surface area contributed by atoms with Crippen LogP contribution in [-0.2, 0) is 4.79 Å². The molecule has 2 rings (SSSR count). The zero-order valence-electron chi connectivity index (χ0n) is 14.0. The monoisotopic (exact) mass is 332 g/mol. The van der Waals surface area contributed by atoms with E-state index >= 15 is 0 Å². The molecule has 4 heteroatoms. The summed E-state index contributed by atoms with van der Waals surface area (Å²) >= 11 is 1.32. The summed E-state index contributed by atoms with van der Waals surface area (Å²) in [6, 6.07) is 0. The molecule has 3 atom stereocenters. The van der Waals surface area contributed by atoms with Crippen LogP contribution in [0.3, 0.4) is 0 Å². The number of carbonyl (C=O) groups is 1. The Morgan fingerprint density at radius 2 is 2.17 bits per heavy atom. The number of rotatable bonds is 3. The number of aliphatic hydroxyl groups excluding tert-OH is 1. The highest BCUT2D eigenvalue weighted by Crippen LogP contribution is 2.39. The third-order valence-corrected chi connectivity index (χ3v) is 5.03. The molecule has 2 N–H and O–H groups in total. The van der Waals surface area contributed by atoms with E-state index in [1.165, 1.54) is 11.8 Å². The second-order valence-electron chi connectivity index (χ2n) is 7.06. The average molecular weight is 332 g/mol. The minimum Gasteiger partial charge on any atom is -0.383 e. The van der Waals surface area contributed by atoms with Crippen LogP contribution < -0.4 is 0 Å². The van der Waals surface area contributed by atoms with Gasteiger partial charge in [-0.15, -0.1) is 0 Å². The van der Waals surface area contributed by atoms with Crippen molar-refractivity contribution in [3.05, 3.63) is 11.6 Å². The van der Waals surface area contributed by atoms with Crippen molar-refractivity contribution < 1.29 is 15.0 Å². The normalized spacial score (nSPS) is 31.8. The quantitative estimate of drug-likeness (QED) is 0.780. The summed E-state index contributed by atoms with van der Waals surface area (Å²) in [5.41, 5.74) is -0.636. The third-order valence-electron chi connectivity index (χ3n) is 4.19. The molecule has 0 saturated heterocycles. The zero-order chi connectivity index (χ0) is 17.1. The summed E-state index contributed by atoms with van der Waals surface area (Å²) in [4.78, 5) is 11.0. The number of aliphatic hydroxyl groups is 2. The Hall–Kier alpha value is -1.20. The minimum absolute atomic E-state index is 0.120. The molecule has 0 radical (unpaired) electrons. The lowest BCUT2D eigenvalue weighted by molar-refractivity contribution is -0.109. The molecule has 0 spiro atoms. The summed E-state index contributed by atoms with van der Waals surface area (Å²) < 4.78 is 0. The molecule has 0 aromatic carbocycles. The van der Waals surface area contributed by atoms with Crippen molar-refractivity contribution in [1.29, 1.82) is 0 Å². The van der Waals surface area contributed by atoms with Crippen molar-refractivity contribution in [1.82, 2.24) is 0 Å². The number of allylic oxidation sites excluding steroid dienone is 1. The molecular weight excluding hydrogens is 308 g/mol. The van der Waals surface area contributed by atoms with Gasteiger partial charge in [0.25, 0.3) is 0 Å². The molecule has 2 aliphatic rings. The van der Waals surface area contributed by atoms with Crippen LogP contribution in [0, 0.1) is 35.0 Å². The molecule has 0 fully saturated rings. The lowest BCUT2D eigenvalue weighted by atomic mass is 9.84. The highest BCUT2D eigenvalue weighted by molar-refractivity contribution is 8.13. The maximum Gasteiger partial charge on any atom is 0.185 e. The van der Waals surface area contributed by atoms with E-state index in [9.17, 15) is 15.0 Å². The Bertz CT molecular complexity index is 626. The van der Waals surface area contributed by atoms with E-state index in [1.54, 1.807) is 6.92 Å². The smallest absolute Gasteiger partial charge is 0.185 e. The van der Waals surface area contributed by atoms with Crippen LogP contribution in [-0.4, -0.2) is 32.8 Å². The molecule has 23 heavy (non-hydrogen) atoms. The van der Waals surface area contributed by atoms with Gasteiger partial charge in [-0.1, -0.05) is 41.5 Å². The van der Waals surface area contributed by atoms with Gasteiger partial charge in [-0.25, -0.2) is 0 Å². The minimum atomic E-state index is -1.03. The highest BCUT2D eigenvalue weighted by Gasteiger charge is 2.38. The van der Waals surface area contributed by atoms with Gasteiger partial charge in [0.1, 0.15) is 11.7 Å². The molecule has 0 aromatic rings. The highest BCUT2D eigenvalue weighted by atomic mass is 32.2. The number of thioether (sulfide) groups is 1. The van der Waals surface area contributed by atoms with Crippen molar-refractivity contribution in [2.24, 2.45) is 11.3 Å². The molecule has 2 aliphatic carbocycles. The Kier molecular flexibility index (Phi) is 5.63. The zero-order valence-corrected chi connectivity index (χ0v) is 14.8. The van der Waals surface area contributed by atoms with Gasteiger partial charge in [-0.05, 0) is 32.6 Å². The van der Waals surface area contributed by atoms with E-state index in [0.717, 1.165) is 17.7 Å². The molecule has 0 aliphatic heterocycles. The molecular formula is C19H24O3S. The van der Waals surface area contributed by atoms with Crippen molar-refractivity contribution in [2.45, 2.75) is 58.2 Å². The van der Waals surface area contributed by atoms with Gasteiger partial charge in [-0.3, -0.25) is 4.79 Å². The molecule has 0 bridgehead atoms. The molecule has 3 nitrogen and oxygen atoms in total. The van der Waals surface area contributed by atoms with Gasteiger partial charge >= 0.3 is 0 Å². The first-order valence-electron chi connectivity index (χ1n) is 7.98.